The molecule has 2 aliphatic heterocycles. The van der Waals surface area contributed by atoms with Gasteiger partial charge in [-0.25, -0.2) is 0 Å². The third-order valence-corrected chi connectivity index (χ3v) is 5.43. The second kappa shape index (κ2) is 6.76. The second-order valence-corrected chi connectivity index (χ2v) is 6.81. The van der Waals surface area contributed by atoms with Crippen molar-refractivity contribution >= 4 is 40.7 Å². The number of hydrogen-bond acceptors (Lipinski definition) is 4. The number of amides is 1. The molecule has 1 aromatic carbocycles. The van der Waals surface area contributed by atoms with Crippen LogP contribution in [0.15, 0.2) is 53.2 Å². The highest BCUT2D eigenvalue weighted by Crippen LogP contribution is 2.30. The number of thiocarbonyl (C=S) groups is 1. The monoisotopic (exact) mass is 345 g/mol. The summed E-state index contributed by atoms with van der Waals surface area (Å²) < 4.78 is 0. The number of carbonyl (C=O) groups excluding carboxylic acids is 1. The van der Waals surface area contributed by atoms with Crippen LogP contribution < -0.4 is 4.90 Å². The van der Waals surface area contributed by atoms with Crippen LogP contribution in [0.3, 0.4) is 0 Å². The zero-order chi connectivity index (χ0) is 16.4. The van der Waals surface area contributed by atoms with Crippen LogP contribution >= 0.6 is 24.0 Å². The van der Waals surface area contributed by atoms with Crippen molar-refractivity contribution in [2.75, 3.05) is 30.8 Å². The molecular formula is C17H19N3OS2. The Morgan fingerprint density at radius 2 is 2.00 bits per heavy atom. The molecule has 0 aliphatic carbocycles. The summed E-state index contributed by atoms with van der Waals surface area (Å²) in [5, 5.41) is 1.72. The quantitative estimate of drug-likeness (QED) is 0.620. The van der Waals surface area contributed by atoms with Gasteiger partial charge >= 0.3 is 0 Å². The van der Waals surface area contributed by atoms with Gasteiger partial charge in [0.25, 0.3) is 5.91 Å². The van der Waals surface area contributed by atoms with E-state index in [2.05, 4.69) is 11.9 Å². The molecule has 2 fully saturated rings. The Morgan fingerprint density at radius 1 is 1.26 bits per heavy atom. The summed E-state index contributed by atoms with van der Waals surface area (Å²) in [6.07, 6.45) is 3.91. The van der Waals surface area contributed by atoms with E-state index in [0.717, 1.165) is 18.0 Å². The van der Waals surface area contributed by atoms with Gasteiger partial charge in [-0.3, -0.25) is 14.6 Å². The van der Waals surface area contributed by atoms with Crippen molar-refractivity contribution in [3.63, 3.8) is 0 Å². The fraction of sp³-hybridized carbons (Fsp3) is 0.294. The molecule has 6 heteroatoms. The van der Waals surface area contributed by atoms with Crippen molar-refractivity contribution in [2.45, 2.75) is 6.92 Å². The fourth-order valence-electron chi connectivity index (χ4n) is 2.63. The third kappa shape index (κ3) is 3.01. The van der Waals surface area contributed by atoms with Crippen molar-refractivity contribution in [1.29, 1.82) is 0 Å². The molecule has 0 spiro atoms. The maximum absolute atomic E-state index is 12.7. The van der Waals surface area contributed by atoms with Crippen molar-refractivity contribution < 1.29 is 4.79 Å². The van der Waals surface area contributed by atoms with Gasteiger partial charge in [0.2, 0.25) is 0 Å². The average molecular weight is 345 g/mol. The van der Waals surface area contributed by atoms with E-state index in [1.165, 1.54) is 5.03 Å². The molecule has 4 nitrogen and oxygen atoms in total. The van der Waals surface area contributed by atoms with Crippen LogP contribution in [0.5, 0.6) is 0 Å². The van der Waals surface area contributed by atoms with Crippen LogP contribution in [0, 0.1) is 0 Å². The Labute approximate surface area is 146 Å². The minimum absolute atomic E-state index is 0.0381. The molecule has 2 heterocycles. The first-order valence-electron chi connectivity index (χ1n) is 7.60. The maximum atomic E-state index is 12.7. The molecule has 0 saturated carbocycles. The number of carbonyl (C=O) groups is 1. The number of nitrogens with zero attached hydrogens (tertiary/aromatic N) is 3. The number of anilines is 1. The van der Waals surface area contributed by atoms with E-state index in [0.29, 0.717) is 17.4 Å². The summed E-state index contributed by atoms with van der Waals surface area (Å²) in [4.78, 5) is 18.4. The third-order valence-electron chi connectivity index (χ3n) is 3.89. The van der Waals surface area contributed by atoms with Gasteiger partial charge in [-0.2, -0.15) is 0 Å². The van der Waals surface area contributed by atoms with Crippen molar-refractivity contribution in [2.24, 2.45) is 0 Å². The van der Waals surface area contributed by atoms with Gasteiger partial charge in [-0.15, -0.1) is 11.8 Å². The molecule has 2 aliphatic rings. The number of hydrogen-bond donors (Lipinski definition) is 0. The first kappa shape index (κ1) is 16.1. The van der Waals surface area contributed by atoms with Gasteiger partial charge in [-0.1, -0.05) is 18.2 Å². The lowest BCUT2D eigenvalue weighted by molar-refractivity contribution is -0.122. The van der Waals surface area contributed by atoms with Crippen molar-refractivity contribution in [1.82, 2.24) is 9.80 Å². The highest BCUT2D eigenvalue weighted by Gasteiger charge is 2.37. The SMILES string of the molecule is CCN1C(=O)C(=CC=C2SCCN2C)N(c2ccccc2)C1=S. The molecule has 0 aromatic heterocycles. The Balaban J connectivity index is 2.00. The minimum atomic E-state index is -0.0381. The number of thioether (sulfide) groups is 1. The van der Waals surface area contributed by atoms with E-state index in [1.807, 2.05) is 54.3 Å². The van der Waals surface area contributed by atoms with E-state index in [4.69, 9.17) is 12.2 Å². The van der Waals surface area contributed by atoms with Crippen LogP contribution in [0.2, 0.25) is 0 Å². The predicted octanol–water partition coefficient (Wildman–Crippen LogP) is 3.04. The van der Waals surface area contributed by atoms with Crippen LogP contribution in [0.4, 0.5) is 5.69 Å². The highest BCUT2D eigenvalue weighted by atomic mass is 32.2. The predicted molar refractivity (Wildman–Crippen MR) is 100 cm³/mol. The summed E-state index contributed by atoms with van der Waals surface area (Å²) in [6, 6.07) is 9.80. The number of benzene rings is 1. The van der Waals surface area contributed by atoms with Crippen LogP contribution in [0.25, 0.3) is 0 Å². The minimum Gasteiger partial charge on any atom is -0.369 e. The van der Waals surface area contributed by atoms with E-state index >= 15 is 0 Å². The highest BCUT2D eigenvalue weighted by molar-refractivity contribution is 8.03. The first-order valence-corrected chi connectivity index (χ1v) is 8.99. The van der Waals surface area contributed by atoms with E-state index in [-0.39, 0.29) is 5.91 Å². The van der Waals surface area contributed by atoms with E-state index < -0.39 is 0 Å². The molecule has 1 amide bonds. The van der Waals surface area contributed by atoms with Crippen molar-refractivity contribution in [3.05, 3.63) is 53.2 Å². The molecule has 3 rings (SSSR count). The summed E-state index contributed by atoms with van der Waals surface area (Å²) in [5.41, 5.74) is 1.52. The molecule has 0 radical (unpaired) electrons. The lowest BCUT2D eigenvalue weighted by atomic mass is 10.2. The Hall–Kier alpha value is -1.79. The summed E-state index contributed by atoms with van der Waals surface area (Å²) in [5.74, 6) is 1.05. The number of likely N-dealkylation sites (N-methyl/N-ethyl adjacent to an activating group) is 1. The number of rotatable bonds is 3. The molecule has 2 saturated heterocycles. The molecular weight excluding hydrogens is 326 g/mol. The molecule has 0 atom stereocenters. The van der Waals surface area contributed by atoms with Gasteiger partial charge in [0.05, 0.1) is 5.03 Å². The molecule has 0 bridgehead atoms. The smallest absolute Gasteiger partial charge is 0.277 e. The van der Waals surface area contributed by atoms with Gasteiger partial charge < -0.3 is 4.90 Å². The molecule has 0 unspecified atom stereocenters. The normalized spacial score (nSPS) is 22.1. The maximum Gasteiger partial charge on any atom is 0.277 e. The first-order chi connectivity index (χ1) is 11.1. The Morgan fingerprint density at radius 3 is 2.61 bits per heavy atom. The van der Waals surface area contributed by atoms with E-state index in [1.54, 1.807) is 16.7 Å². The van der Waals surface area contributed by atoms with Gasteiger partial charge in [-0.05, 0) is 43.4 Å². The van der Waals surface area contributed by atoms with Gasteiger partial charge in [0.1, 0.15) is 5.70 Å². The van der Waals surface area contributed by atoms with Gasteiger partial charge in [0.15, 0.2) is 5.11 Å². The van der Waals surface area contributed by atoms with Crippen LogP contribution in [-0.2, 0) is 4.79 Å². The summed E-state index contributed by atoms with van der Waals surface area (Å²) >= 11 is 7.33. The number of allylic oxidation sites excluding steroid dienone is 2. The van der Waals surface area contributed by atoms with Crippen LogP contribution in [-0.4, -0.2) is 46.7 Å². The Bertz CT molecular complexity index is 684. The lowest BCUT2D eigenvalue weighted by Crippen LogP contribution is -2.32. The average Bonchev–Trinajstić information content (AvgIpc) is 3.07. The topological polar surface area (TPSA) is 26.8 Å². The molecule has 0 N–H and O–H groups in total. The fourth-order valence-corrected chi connectivity index (χ4v) is 4.09. The van der Waals surface area contributed by atoms with E-state index in [9.17, 15) is 4.79 Å². The largest absolute Gasteiger partial charge is 0.369 e. The van der Waals surface area contributed by atoms with Crippen LogP contribution in [0.1, 0.15) is 6.92 Å². The molecule has 23 heavy (non-hydrogen) atoms. The van der Waals surface area contributed by atoms with Crippen molar-refractivity contribution in [3.8, 4) is 0 Å². The Kier molecular flexibility index (Phi) is 4.73. The summed E-state index contributed by atoms with van der Waals surface area (Å²) in [7, 11) is 2.07. The lowest BCUT2D eigenvalue weighted by Gasteiger charge is -2.19. The standard InChI is InChI=1S/C17H19N3OS2/c1-3-19-16(21)14(9-10-15-18(2)11-12-23-15)20(17(19)22)13-7-5-4-6-8-13/h4-10H,3,11-12H2,1-2H3. The zero-order valence-electron chi connectivity index (χ0n) is 13.2. The van der Waals surface area contributed by atoms with Gasteiger partial charge in [0, 0.05) is 31.6 Å². The second-order valence-electron chi connectivity index (χ2n) is 5.33. The number of para-hydroxylation sites is 1. The summed E-state index contributed by atoms with van der Waals surface area (Å²) in [6.45, 7) is 3.55. The molecule has 120 valence electrons. The zero-order valence-corrected chi connectivity index (χ0v) is 14.9. The molecule has 1 aromatic rings.